The van der Waals surface area contributed by atoms with Gasteiger partial charge in [-0.25, -0.2) is 0 Å². The molecule has 0 bridgehead atoms. The van der Waals surface area contributed by atoms with Gasteiger partial charge in [0.2, 0.25) is 0 Å². The van der Waals surface area contributed by atoms with Crippen molar-refractivity contribution < 1.29 is 9.47 Å². The normalized spacial score (nSPS) is 10.2. The van der Waals surface area contributed by atoms with Crippen LogP contribution in [0.2, 0.25) is 10.0 Å². The summed E-state index contributed by atoms with van der Waals surface area (Å²) in [6.45, 7) is 0. The first-order valence-corrected chi connectivity index (χ1v) is 8.65. The lowest BCUT2D eigenvalue weighted by Gasteiger charge is -2.17. The van der Waals surface area contributed by atoms with E-state index in [1.165, 1.54) is 6.20 Å². The Balaban J connectivity index is 2.17. The van der Waals surface area contributed by atoms with Gasteiger partial charge in [0.25, 0.3) is 0 Å². The van der Waals surface area contributed by atoms with E-state index in [-0.39, 0.29) is 0 Å². The molecule has 27 heavy (non-hydrogen) atoms. The van der Waals surface area contributed by atoms with Crippen molar-refractivity contribution in [1.29, 1.82) is 5.26 Å². The fourth-order valence-corrected chi connectivity index (χ4v) is 3.09. The second-order valence-electron chi connectivity index (χ2n) is 5.54. The zero-order chi connectivity index (χ0) is 19.4. The molecule has 7 heteroatoms. The Bertz CT molecular complexity index is 1030. The summed E-state index contributed by atoms with van der Waals surface area (Å²) >= 11 is 12.3. The minimum absolute atomic E-state index is 0.372. The van der Waals surface area contributed by atoms with Crippen molar-refractivity contribution in [3.8, 4) is 28.7 Å². The highest BCUT2D eigenvalue weighted by Gasteiger charge is 2.16. The quantitative estimate of drug-likeness (QED) is 0.596. The second-order valence-corrected chi connectivity index (χ2v) is 6.38. The highest BCUT2D eigenvalue weighted by Crippen LogP contribution is 2.40. The van der Waals surface area contributed by atoms with E-state index >= 15 is 0 Å². The van der Waals surface area contributed by atoms with Crippen LogP contribution in [0.15, 0.2) is 48.8 Å². The summed E-state index contributed by atoms with van der Waals surface area (Å²) in [4.78, 5) is 4.19. The zero-order valence-corrected chi connectivity index (χ0v) is 16.1. The number of nitrogens with zero attached hydrogens (tertiary/aromatic N) is 2. The number of hydrogen-bond acceptors (Lipinski definition) is 5. The molecule has 0 saturated carbocycles. The number of pyridine rings is 1. The third-order valence-electron chi connectivity index (χ3n) is 3.96. The van der Waals surface area contributed by atoms with Crippen LogP contribution in [0.25, 0.3) is 11.1 Å². The maximum atomic E-state index is 9.55. The predicted octanol–water partition coefficient (Wildman–Crippen LogP) is 5.69. The number of ether oxygens (including phenoxy) is 2. The van der Waals surface area contributed by atoms with Gasteiger partial charge in [-0.2, -0.15) is 5.26 Å². The van der Waals surface area contributed by atoms with Crippen LogP contribution in [0, 0.1) is 11.3 Å². The number of rotatable bonds is 5. The Labute approximate surface area is 167 Å². The fourth-order valence-electron chi connectivity index (χ4n) is 2.63. The van der Waals surface area contributed by atoms with Crippen molar-refractivity contribution in [2.45, 2.75) is 0 Å². The maximum absolute atomic E-state index is 9.55. The van der Waals surface area contributed by atoms with Gasteiger partial charge in [0.15, 0.2) is 0 Å². The molecule has 0 aliphatic heterocycles. The van der Waals surface area contributed by atoms with Gasteiger partial charge >= 0.3 is 0 Å². The first-order valence-electron chi connectivity index (χ1n) is 7.90. The number of nitriles is 1. The van der Waals surface area contributed by atoms with Crippen LogP contribution in [0.3, 0.4) is 0 Å². The lowest BCUT2D eigenvalue weighted by molar-refractivity contribution is 0.395. The molecule has 5 nitrogen and oxygen atoms in total. The molecule has 0 unspecified atom stereocenters. The average molecular weight is 400 g/mol. The lowest BCUT2D eigenvalue weighted by atomic mass is 10.0. The minimum atomic E-state index is 0.372. The van der Waals surface area contributed by atoms with Crippen molar-refractivity contribution >= 4 is 34.6 Å². The van der Waals surface area contributed by atoms with E-state index in [1.54, 1.807) is 44.7 Å². The van der Waals surface area contributed by atoms with E-state index in [9.17, 15) is 5.26 Å². The topological polar surface area (TPSA) is 67.2 Å². The van der Waals surface area contributed by atoms with Crippen LogP contribution in [0.1, 0.15) is 5.56 Å². The molecule has 0 spiro atoms. The average Bonchev–Trinajstić information content (AvgIpc) is 2.69. The Morgan fingerprint density at radius 1 is 1.00 bits per heavy atom. The van der Waals surface area contributed by atoms with Gasteiger partial charge in [0, 0.05) is 34.6 Å². The molecule has 2 aromatic carbocycles. The van der Waals surface area contributed by atoms with E-state index in [0.717, 1.165) is 5.56 Å². The largest absolute Gasteiger partial charge is 0.497 e. The Morgan fingerprint density at radius 3 is 2.48 bits per heavy atom. The van der Waals surface area contributed by atoms with E-state index in [1.807, 2.05) is 12.1 Å². The van der Waals surface area contributed by atoms with Gasteiger partial charge in [-0.1, -0.05) is 23.2 Å². The summed E-state index contributed by atoms with van der Waals surface area (Å²) in [5.41, 5.74) is 3.02. The predicted molar refractivity (Wildman–Crippen MR) is 107 cm³/mol. The van der Waals surface area contributed by atoms with Crippen molar-refractivity contribution in [3.63, 3.8) is 0 Å². The number of anilines is 2. The van der Waals surface area contributed by atoms with Crippen LogP contribution in [0.4, 0.5) is 11.4 Å². The molecule has 3 aromatic rings. The molecule has 0 radical (unpaired) electrons. The van der Waals surface area contributed by atoms with Crippen LogP contribution in [-0.4, -0.2) is 19.2 Å². The van der Waals surface area contributed by atoms with Gasteiger partial charge in [-0.3, -0.25) is 4.98 Å². The standard InChI is InChI=1S/C20H15Cl2N3O2/c1-26-14-4-5-15(19(8-14)27-2)16-11-24-10-12(9-23)20(16)25-18-6-3-13(21)7-17(18)22/h3-8,10-11H,1-2H3,(H,24,25). The number of methoxy groups -OCH3 is 2. The van der Waals surface area contributed by atoms with Gasteiger partial charge in [0.1, 0.15) is 17.6 Å². The number of benzene rings is 2. The molecule has 0 atom stereocenters. The van der Waals surface area contributed by atoms with E-state index in [2.05, 4.69) is 16.4 Å². The van der Waals surface area contributed by atoms with Crippen molar-refractivity contribution in [2.75, 3.05) is 19.5 Å². The summed E-state index contributed by atoms with van der Waals surface area (Å²) in [6, 6.07) is 12.7. The molecular weight excluding hydrogens is 385 g/mol. The zero-order valence-electron chi connectivity index (χ0n) is 14.6. The van der Waals surface area contributed by atoms with E-state index < -0.39 is 0 Å². The lowest BCUT2D eigenvalue weighted by Crippen LogP contribution is -2.00. The SMILES string of the molecule is COc1ccc(-c2cncc(C#N)c2Nc2ccc(Cl)cc2Cl)c(OC)c1. The summed E-state index contributed by atoms with van der Waals surface area (Å²) in [5.74, 6) is 1.26. The second kappa shape index (κ2) is 8.17. The number of halogens is 2. The third kappa shape index (κ3) is 3.92. The van der Waals surface area contributed by atoms with Gasteiger partial charge in [-0.15, -0.1) is 0 Å². The highest BCUT2D eigenvalue weighted by molar-refractivity contribution is 6.36. The summed E-state index contributed by atoms with van der Waals surface area (Å²) in [6.07, 6.45) is 3.16. The number of hydrogen-bond donors (Lipinski definition) is 1. The van der Waals surface area contributed by atoms with E-state index in [4.69, 9.17) is 32.7 Å². The fraction of sp³-hybridized carbons (Fsp3) is 0.100. The molecule has 136 valence electrons. The molecule has 0 saturated heterocycles. The van der Waals surface area contributed by atoms with Crippen molar-refractivity contribution in [2.24, 2.45) is 0 Å². The first-order chi connectivity index (χ1) is 13.1. The summed E-state index contributed by atoms with van der Waals surface area (Å²) in [7, 11) is 3.16. The molecule has 1 aromatic heterocycles. The van der Waals surface area contributed by atoms with Crippen molar-refractivity contribution in [3.05, 3.63) is 64.4 Å². The first kappa shape index (κ1) is 18.8. The molecule has 0 aliphatic carbocycles. The Kier molecular flexibility index (Phi) is 5.70. The van der Waals surface area contributed by atoms with Crippen LogP contribution in [0.5, 0.6) is 11.5 Å². The van der Waals surface area contributed by atoms with E-state index in [0.29, 0.717) is 44.0 Å². The third-order valence-corrected chi connectivity index (χ3v) is 4.50. The van der Waals surface area contributed by atoms with Crippen LogP contribution in [-0.2, 0) is 0 Å². The summed E-state index contributed by atoms with van der Waals surface area (Å²) in [5, 5.41) is 13.7. The Morgan fingerprint density at radius 2 is 1.81 bits per heavy atom. The highest BCUT2D eigenvalue weighted by atomic mass is 35.5. The molecule has 1 heterocycles. The van der Waals surface area contributed by atoms with Crippen LogP contribution < -0.4 is 14.8 Å². The molecule has 0 amide bonds. The molecule has 0 aliphatic rings. The van der Waals surface area contributed by atoms with Gasteiger partial charge < -0.3 is 14.8 Å². The smallest absolute Gasteiger partial charge is 0.130 e. The van der Waals surface area contributed by atoms with Gasteiger partial charge in [0.05, 0.1) is 36.2 Å². The van der Waals surface area contributed by atoms with Gasteiger partial charge in [-0.05, 0) is 30.3 Å². The maximum Gasteiger partial charge on any atom is 0.130 e. The summed E-state index contributed by atoms with van der Waals surface area (Å²) < 4.78 is 10.8. The number of aromatic nitrogens is 1. The van der Waals surface area contributed by atoms with Crippen LogP contribution >= 0.6 is 23.2 Å². The minimum Gasteiger partial charge on any atom is -0.497 e. The molecule has 0 fully saturated rings. The molecule has 3 rings (SSSR count). The monoisotopic (exact) mass is 399 g/mol. The number of nitrogens with one attached hydrogen (secondary N) is 1. The molecular formula is C20H15Cl2N3O2. The van der Waals surface area contributed by atoms with Crippen molar-refractivity contribution in [1.82, 2.24) is 4.98 Å². The molecule has 1 N–H and O–H groups in total. The Hall–Kier alpha value is -2.94.